The number of aromatic nitrogens is 4. The van der Waals surface area contributed by atoms with E-state index in [1.807, 2.05) is 0 Å². The smallest absolute Gasteiger partial charge is 0.356 e. The Balaban J connectivity index is 1.89. The topological polar surface area (TPSA) is 153 Å². The highest BCUT2D eigenvalue weighted by Crippen LogP contribution is 2.02. The molecular formula is C12H14N6O4. The monoisotopic (exact) mass is 306 g/mol. The number of carboxylic acid groups (broad SMARTS) is 1. The number of aromatic amines is 2. The number of hydrogen-bond donors (Lipinski definition) is 5. The highest BCUT2D eigenvalue weighted by Gasteiger charge is 2.12. The lowest BCUT2D eigenvalue weighted by atomic mass is 10.3. The molecular weight excluding hydrogens is 292 g/mol. The summed E-state index contributed by atoms with van der Waals surface area (Å²) in [5.74, 6) is -1.77. The fourth-order valence-electron chi connectivity index (χ4n) is 1.62. The van der Waals surface area contributed by atoms with E-state index in [2.05, 4.69) is 31.0 Å². The Morgan fingerprint density at radius 2 is 1.59 bits per heavy atom. The number of carboxylic acids is 1. The molecule has 0 aliphatic rings. The average Bonchev–Trinajstić information content (AvgIpc) is 3.11. The van der Waals surface area contributed by atoms with E-state index in [1.165, 1.54) is 19.1 Å². The molecule has 0 saturated heterocycles. The van der Waals surface area contributed by atoms with Crippen LogP contribution in [0.15, 0.2) is 12.1 Å². The minimum absolute atomic E-state index is 0.0903. The van der Waals surface area contributed by atoms with Crippen molar-refractivity contribution in [1.82, 2.24) is 31.0 Å². The van der Waals surface area contributed by atoms with Crippen LogP contribution in [0.25, 0.3) is 0 Å². The standard InChI is InChI=1S/C12H14N6O4/c1-6(19)13-4-7-2-9(17-15-7)11(20)14-5-8-3-10(12(21)22)18-16-8/h2-3H,4-5H2,1H3,(H,13,19)(H,14,20)(H,15,17)(H,16,18)(H,21,22). The van der Waals surface area contributed by atoms with Crippen LogP contribution in [0.1, 0.15) is 39.3 Å². The van der Waals surface area contributed by atoms with E-state index in [4.69, 9.17) is 5.11 Å². The van der Waals surface area contributed by atoms with Gasteiger partial charge >= 0.3 is 5.97 Å². The van der Waals surface area contributed by atoms with Crippen molar-refractivity contribution in [3.8, 4) is 0 Å². The van der Waals surface area contributed by atoms with E-state index < -0.39 is 11.9 Å². The first-order chi connectivity index (χ1) is 10.5. The van der Waals surface area contributed by atoms with Crippen molar-refractivity contribution in [1.29, 1.82) is 0 Å². The molecule has 0 aliphatic heterocycles. The summed E-state index contributed by atoms with van der Waals surface area (Å²) in [5.41, 5.74) is 1.09. The number of rotatable bonds is 6. The van der Waals surface area contributed by atoms with Crippen LogP contribution in [0.2, 0.25) is 0 Å². The van der Waals surface area contributed by atoms with Gasteiger partial charge in [0.15, 0.2) is 5.69 Å². The zero-order valence-corrected chi connectivity index (χ0v) is 11.6. The predicted octanol–water partition coefficient (Wildman–Crippen LogP) is -0.603. The van der Waals surface area contributed by atoms with Crippen LogP contribution in [-0.4, -0.2) is 43.3 Å². The fourth-order valence-corrected chi connectivity index (χ4v) is 1.62. The summed E-state index contributed by atoms with van der Waals surface area (Å²) in [6.07, 6.45) is 0. The van der Waals surface area contributed by atoms with E-state index >= 15 is 0 Å². The Morgan fingerprint density at radius 3 is 2.14 bits per heavy atom. The molecule has 2 aromatic heterocycles. The lowest BCUT2D eigenvalue weighted by Crippen LogP contribution is -2.23. The summed E-state index contributed by atoms with van der Waals surface area (Å²) in [7, 11) is 0. The molecule has 22 heavy (non-hydrogen) atoms. The molecule has 5 N–H and O–H groups in total. The van der Waals surface area contributed by atoms with Gasteiger partial charge in [-0.05, 0) is 12.1 Å². The Kier molecular flexibility index (Phi) is 4.51. The van der Waals surface area contributed by atoms with E-state index in [0.29, 0.717) is 11.4 Å². The van der Waals surface area contributed by atoms with Gasteiger partial charge in [0.25, 0.3) is 5.91 Å². The van der Waals surface area contributed by atoms with Crippen LogP contribution in [0.4, 0.5) is 0 Å². The Labute approximate surface area is 124 Å². The molecule has 10 heteroatoms. The van der Waals surface area contributed by atoms with Gasteiger partial charge in [0, 0.05) is 6.92 Å². The largest absolute Gasteiger partial charge is 0.476 e. The molecule has 0 spiro atoms. The van der Waals surface area contributed by atoms with Gasteiger partial charge in [-0.1, -0.05) is 0 Å². The molecule has 2 aromatic rings. The first kappa shape index (κ1) is 15.2. The molecule has 2 heterocycles. The van der Waals surface area contributed by atoms with Crippen molar-refractivity contribution in [2.45, 2.75) is 20.0 Å². The van der Waals surface area contributed by atoms with Gasteiger partial charge in [-0.25, -0.2) is 4.79 Å². The number of amides is 2. The van der Waals surface area contributed by atoms with Crippen LogP contribution in [0, 0.1) is 0 Å². The SMILES string of the molecule is CC(=O)NCc1cc(C(=O)NCc2cc(C(=O)O)n[nH]2)n[nH]1. The van der Waals surface area contributed by atoms with Gasteiger partial charge in [-0.3, -0.25) is 19.8 Å². The van der Waals surface area contributed by atoms with Crippen molar-refractivity contribution in [2.75, 3.05) is 0 Å². The highest BCUT2D eigenvalue weighted by molar-refractivity contribution is 5.92. The number of carbonyl (C=O) groups excluding carboxylic acids is 2. The summed E-state index contributed by atoms with van der Waals surface area (Å²) >= 11 is 0. The summed E-state index contributed by atoms with van der Waals surface area (Å²) in [4.78, 5) is 33.3. The van der Waals surface area contributed by atoms with Crippen molar-refractivity contribution in [3.63, 3.8) is 0 Å². The summed E-state index contributed by atoms with van der Waals surface area (Å²) in [5, 5.41) is 26.4. The van der Waals surface area contributed by atoms with Crippen LogP contribution < -0.4 is 10.6 Å². The number of nitrogens with zero attached hydrogens (tertiary/aromatic N) is 2. The first-order valence-electron chi connectivity index (χ1n) is 6.30. The summed E-state index contributed by atoms with van der Waals surface area (Å²) in [6, 6.07) is 2.84. The number of H-pyrrole nitrogens is 2. The number of aromatic carboxylic acids is 1. The third-order valence-electron chi connectivity index (χ3n) is 2.68. The molecule has 0 radical (unpaired) electrons. The van der Waals surface area contributed by atoms with Crippen LogP contribution in [-0.2, 0) is 17.9 Å². The lowest BCUT2D eigenvalue weighted by molar-refractivity contribution is -0.119. The van der Waals surface area contributed by atoms with Gasteiger partial charge in [0.2, 0.25) is 5.91 Å². The van der Waals surface area contributed by atoms with E-state index in [1.54, 1.807) is 0 Å². The van der Waals surface area contributed by atoms with Crippen molar-refractivity contribution >= 4 is 17.8 Å². The van der Waals surface area contributed by atoms with Crippen molar-refractivity contribution in [2.24, 2.45) is 0 Å². The molecule has 2 amide bonds. The van der Waals surface area contributed by atoms with E-state index in [-0.39, 0.29) is 30.4 Å². The quantitative estimate of drug-likeness (QED) is 0.480. The minimum Gasteiger partial charge on any atom is -0.476 e. The zero-order chi connectivity index (χ0) is 16.1. The lowest BCUT2D eigenvalue weighted by Gasteiger charge is -1.99. The summed E-state index contributed by atoms with van der Waals surface area (Å²) in [6.45, 7) is 1.73. The second-order valence-corrected chi connectivity index (χ2v) is 4.45. The molecule has 10 nitrogen and oxygen atoms in total. The maximum Gasteiger partial charge on any atom is 0.356 e. The van der Waals surface area contributed by atoms with Gasteiger partial charge in [-0.15, -0.1) is 0 Å². The molecule has 0 bridgehead atoms. The fraction of sp³-hybridized carbons (Fsp3) is 0.250. The molecule has 0 atom stereocenters. The Hall–Kier alpha value is -3.17. The number of carbonyl (C=O) groups is 3. The molecule has 116 valence electrons. The molecule has 0 aromatic carbocycles. The molecule has 0 aliphatic carbocycles. The predicted molar refractivity (Wildman–Crippen MR) is 72.8 cm³/mol. The van der Waals surface area contributed by atoms with Gasteiger partial charge in [-0.2, -0.15) is 10.2 Å². The molecule has 2 rings (SSSR count). The Morgan fingerprint density at radius 1 is 1.05 bits per heavy atom. The van der Waals surface area contributed by atoms with Crippen LogP contribution >= 0.6 is 0 Å². The molecule has 0 saturated carbocycles. The first-order valence-corrected chi connectivity index (χ1v) is 6.30. The second-order valence-electron chi connectivity index (χ2n) is 4.45. The van der Waals surface area contributed by atoms with Gasteiger partial charge in [0.1, 0.15) is 5.69 Å². The third-order valence-corrected chi connectivity index (χ3v) is 2.68. The molecule has 0 unspecified atom stereocenters. The van der Waals surface area contributed by atoms with Gasteiger partial charge < -0.3 is 15.7 Å². The normalized spacial score (nSPS) is 10.2. The maximum absolute atomic E-state index is 11.9. The maximum atomic E-state index is 11.9. The summed E-state index contributed by atoms with van der Waals surface area (Å²) < 4.78 is 0. The van der Waals surface area contributed by atoms with Crippen molar-refractivity contribution in [3.05, 3.63) is 34.9 Å². The van der Waals surface area contributed by atoms with Gasteiger partial charge in [0.05, 0.1) is 24.5 Å². The highest BCUT2D eigenvalue weighted by atomic mass is 16.4. The average molecular weight is 306 g/mol. The number of nitrogens with one attached hydrogen (secondary N) is 4. The minimum atomic E-state index is -1.15. The Bertz CT molecular complexity index is 704. The zero-order valence-electron chi connectivity index (χ0n) is 11.6. The van der Waals surface area contributed by atoms with Crippen LogP contribution in [0.5, 0.6) is 0 Å². The molecule has 0 fully saturated rings. The third kappa shape index (κ3) is 3.91. The van der Waals surface area contributed by atoms with E-state index in [0.717, 1.165) is 0 Å². The van der Waals surface area contributed by atoms with Crippen molar-refractivity contribution < 1.29 is 19.5 Å². The van der Waals surface area contributed by atoms with Crippen LogP contribution in [0.3, 0.4) is 0 Å². The second kappa shape index (κ2) is 6.52. The van der Waals surface area contributed by atoms with E-state index in [9.17, 15) is 14.4 Å². The number of hydrogen-bond acceptors (Lipinski definition) is 5.